The maximum Gasteiger partial charge on any atom is 0.262 e. The van der Waals surface area contributed by atoms with Crippen LogP contribution in [-0.2, 0) is 13.0 Å². The number of aryl methyl sites for hydroxylation is 1. The molecule has 0 atom stereocenters. The number of hydrogen-bond donors (Lipinski definition) is 1. The van der Waals surface area contributed by atoms with Gasteiger partial charge in [0.1, 0.15) is 0 Å². The van der Waals surface area contributed by atoms with Crippen LogP contribution in [0.5, 0.6) is 0 Å². The summed E-state index contributed by atoms with van der Waals surface area (Å²) in [5, 5.41) is 1.67. The molecule has 4 aromatic rings. The van der Waals surface area contributed by atoms with Crippen molar-refractivity contribution in [2.45, 2.75) is 13.0 Å². The van der Waals surface area contributed by atoms with Crippen molar-refractivity contribution < 1.29 is 0 Å². The average molecular weight is 339 g/mol. The molecule has 0 spiro atoms. The van der Waals surface area contributed by atoms with E-state index in [1.54, 1.807) is 15.9 Å². The number of benzene rings is 2. The molecule has 2 aromatic heterocycles. The zero-order valence-electron chi connectivity index (χ0n) is 12.2. The molecular formula is C17H13N3OS2. The van der Waals surface area contributed by atoms with Crippen molar-refractivity contribution in [3.05, 3.63) is 68.7 Å². The number of fused-ring (bicyclic) bond motifs is 2. The Morgan fingerprint density at radius 3 is 2.78 bits per heavy atom. The van der Waals surface area contributed by atoms with E-state index in [-0.39, 0.29) is 5.56 Å². The van der Waals surface area contributed by atoms with Crippen LogP contribution in [0.3, 0.4) is 0 Å². The Morgan fingerprint density at radius 1 is 1.13 bits per heavy atom. The summed E-state index contributed by atoms with van der Waals surface area (Å²) in [6.07, 6.45) is 0.690. The van der Waals surface area contributed by atoms with Crippen molar-refractivity contribution in [1.29, 1.82) is 0 Å². The molecule has 0 aliphatic carbocycles. The molecule has 23 heavy (non-hydrogen) atoms. The topological polar surface area (TPSA) is 50.7 Å². The molecule has 0 saturated heterocycles. The summed E-state index contributed by atoms with van der Waals surface area (Å²) in [4.78, 5) is 20.3. The first kappa shape index (κ1) is 14.3. The highest BCUT2D eigenvalue weighted by molar-refractivity contribution is 7.71. The van der Waals surface area contributed by atoms with Crippen LogP contribution < -0.4 is 5.56 Å². The van der Waals surface area contributed by atoms with Crippen LogP contribution in [0.15, 0.2) is 53.3 Å². The first-order chi connectivity index (χ1) is 11.2. The van der Waals surface area contributed by atoms with Gasteiger partial charge in [-0.1, -0.05) is 24.3 Å². The molecule has 0 radical (unpaired) electrons. The summed E-state index contributed by atoms with van der Waals surface area (Å²) in [7, 11) is 0. The molecule has 0 saturated carbocycles. The summed E-state index contributed by atoms with van der Waals surface area (Å²) in [6, 6.07) is 15.5. The summed E-state index contributed by atoms with van der Waals surface area (Å²) in [6.45, 7) is 0.527. The smallest absolute Gasteiger partial charge is 0.262 e. The number of H-pyrrole nitrogens is 1. The summed E-state index contributed by atoms with van der Waals surface area (Å²) in [5.74, 6) is 0. The third-order valence-electron chi connectivity index (χ3n) is 3.78. The quantitative estimate of drug-likeness (QED) is 0.576. The molecule has 1 N–H and O–H groups in total. The van der Waals surface area contributed by atoms with Gasteiger partial charge in [-0.2, -0.15) is 0 Å². The van der Waals surface area contributed by atoms with Crippen molar-refractivity contribution in [1.82, 2.24) is 14.5 Å². The number of aromatic amines is 1. The van der Waals surface area contributed by atoms with Gasteiger partial charge in [-0.25, -0.2) is 4.98 Å². The highest BCUT2D eigenvalue weighted by atomic mass is 32.1. The third kappa shape index (κ3) is 2.60. The highest BCUT2D eigenvalue weighted by Gasteiger charge is 2.07. The minimum absolute atomic E-state index is 0.0505. The van der Waals surface area contributed by atoms with E-state index >= 15 is 0 Å². The fourth-order valence-corrected chi connectivity index (χ4v) is 3.88. The summed E-state index contributed by atoms with van der Waals surface area (Å²) >= 11 is 7.00. The maximum absolute atomic E-state index is 12.6. The van der Waals surface area contributed by atoms with Crippen LogP contribution in [-0.4, -0.2) is 14.5 Å². The number of nitrogens with one attached hydrogen (secondary N) is 1. The molecule has 0 bridgehead atoms. The Bertz CT molecular complexity index is 1090. The Labute approximate surface area is 141 Å². The fraction of sp³-hybridized carbons (Fsp3) is 0.118. The second-order valence-corrected chi connectivity index (χ2v) is 6.76. The van der Waals surface area contributed by atoms with Gasteiger partial charge in [-0.15, -0.1) is 11.3 Å². The lowest BCUT2D eigenvalue weighted by molar-refractivity contribution is 0.651. The Balaban J connectivity index is 1.70. The minimum atomic E-state index is -0.0505. The van der Waals surface area contributed by atoms with E-state index in [9.17, 15) is 4.79 Å². The number of hydrogen-bond acceptors (Lipinski definition) is 4. The molecule has 2 aromatic carbocycles. The molecule has 0 fully saturated rings. The lowest BCUT2D eigenvalue weighted by Gasteiger charge is -2.06. The monoisotopic (exact) mass is 339 g/mol. The van der Waals surface area contributed by atoms with Crippen molar-refractivity contribution in [2.75, 3.05) is 0 Å². The third-order valence-corrected chi connectivity index (χ3v) is 5.20. The van der Waals surface area contributed by atoms with Crippen LogP contribution >= 0.6 is 23.6 Å². The summed E-state index contributed by atoms with van der Waals surface area (Å²) in [5.41, 5.74) is 1.73. The number of rotatable bonds is 3. The Morgan fingerprint density at radius 2 is 1.91 bits per heavy atom. The van der Waals surface area contributed by atoms with Crippen molar-refractivity contribution in [2.24, 2.45) is 0 Å². The lowest BCUT2D eigenvalue weighted by Crippen LogP contribution is -2.23. The highest BCUT2D eigenvalue weighted by Crippen LogP contribution is 2.22. The minimum Gasteiger partial charge on any atom is -0.332 e. The van der Waals surface area contributed by atoms with Crippen LogP contribution in [0, 0.1) is 4.77 Å². The van der Waals surface area contributed by atoms with E-state index in [1.807, 2.05) is 42.5 Å². The molecule has 4 rings (SSSR count). The molecule has 0 aliphatic heterocycles. The Kier molecular flexibility index (Phi) is 3.55. The van der Waals surface area contributed by atoms with E-state index < -0.39 is 0 Å². The number of para-hydroxylation sites is 2. The largest absolute Gasteiger partial charge is 0.332 e. The van der Waals surface area contributed by atoms with Gasteiger partial charge in [0.25, 0.3) is 5.56 Å². The second-order valence-electron chi connectivity index (χ2n) is 5.26. The van der Waals surface area contributed by atoms with Gasteiger partial charge in [0, 0.05) is 13.0 Å². The number of nitrogens with zero attached hydrogens (tertiary/aromatic N) is 2. The van der Waals surface area contributed by atoms with Gasteiger partial charge >= 0.3 is 0 Å². The van der Waals surface area contributed by atoms with Gasteiger partial charge in [-0.05, 0) is 36.5 Å². The summed E-state index contributed by atoms with van der Waals surface area (Å²) < 4.78 is 3.23. The molecule has 6 heteroatoms. The molecule has 0 amide bonds. The zero-order valence-corrected chi connectivity index (χ0v) is 13.8. The van der Waals surface area contributed by atoms with E-state index in [2.05, 4.69) is 16.0 Å². The van der Waals surface area contributed by atoms with Crippen molar-refractivity contribution in [3.8, 4) is 0 Å². The molecule has 0 unspecified atom stereocenters. The predicted molar refractivity (Wildman–Crippen MR) is 96.7 cm³/mol. The van der Waals surface area contributed by atoms with Gasteiger partial charge in [0.15, 0.2) is 4.77 Å². The lowest BCUT2D eigenvalue weighted by atomic mass is 10.2. The molecule has 4 nitrogen and oxygen atoms in total. The van der Waals surface area contributed by atoms with Gasteiger partial charge in [-0.3, -0.25) is 9.36 Å². The van der Waals surface area contributed by atoms with Crippen molar-refractivity contribution >= 4 is 44.7 Å². The van der Waals surface area contributed by atoms with Crippen molar-refractivity contribution in [3.63, 3.8) is 0 Å². The van der Waals surface area contributed by atoms with Gasteiger partial charge in [0.2, 0.25) is 0 Å². The van der Waals surface area contributed by atoms with Crippen LogP contribution in [0.2, 0.25) is 0 Å². The SMILES string of the molecule is O=c1c2ccccc2[nH]c(=S)n1CCc1nc2ccccc2s1. The first-order valence-electron chi connectivity index (χ1n) is 7.29. The van der Waals surface area contributed by atoms with Crippen LogP contribution in [0.25, 0.3) is 21.1 Å². The van der Waals surface area contributed by atoms with Gasteiger partial charge in [0.05, 0.1) is 26.1 Å². The number of thiazole rings is 1. The average Bonchev–Trinajstić information content (AvgIpc) is 2.97. The molecular weight excluding hydrogens is 326 g/mol. The predicted octanol–water partition coefficient (Wildman–Crippen LogP) is 3.91. The normalized spacial score (nSPS) is 11.3. The van der Waals surface area contributed by atoms with E-state index in [1.165, 1.54) is 4.70 Å². The molecule has 0 aliphatic rings. The second kappa shape index (κ2) is 5.72. The molecule has 114 valence electrons. The van der Waals surface area contributed by atoms with Crippen LogP contribution in [0.4, 0.5) is 0 Å². The standard InChI is InChI=1S/C17H13N3OS2/c21-16-11-5-1-2-6-12(11)19-17(22)20(16)10-9-15-18-13-7-3-4-8-14(13)23-15/h1-8H,9-10H2,(H,19,22). The zero-order chi connectivity index (χ0) is 15.8. The number of aromatic nitrogens is 3. The fourth-order valence-electron chi connectivity index (χ4n) is 2.64. The Hall–Kier alpha value is -2.31. The van der Waals surface area contributed by atoms with E-state index in [0.29, 0.717) is 23.1 Å². The van der Waals surface area contributed by atoms with Crippen LogP contribution in [0.1, 0.15) is 5.01 Å². The first-order valence-corrected chi connectivity index (χ1v) is 8.51. The van der Waals surface area contributed by atoms with E-state index in [4.69, 9.17) is 12.2 Å². The maximum atomic E-state index is 12.6. The molecule has 2 heterocycles. The van der Waals surface area contributed by atoms with Gasteiger partial charge < -0.3 is 4.98 Å². The van der Waals surface area contributed by atoms with E-state index in [0.717, 1.165) is 16.0 Å².